The Morgan fingerprint density at radius 1 is 1.16 bits per heavy atom. The third-order valence-electron chi connectivity index (χ3n) is 2.55. The van der Waals surface area contributed by atoms with Gasteiger partial charge in [0, 0.05) is 0 Å². The van der Waals surface area contributed by atoms with Gasteiger partial charge in [-0.05, 0) is 37.4 Å². The maximum atomic E-state index is 12.5. The van der Waals surface area contributed by atoms with Gasteiger partial charge in [-0.2, -0.15) is 0 Å². The SMILES string of the molecule is COc1ccsc1C(=O)c1ccccc1OC(C)C. The van der Waals surface area contributed by atoms with E-state index in [2.05, 4.69) is 0 Å². The summed E-state index contributed by atoms with van der Waals surface area (Å²) in [5.74, 6) is 1.15. The minimum Gasteiger partial charge on any atom is -0.495 e. The van der Waals surface area contributed by atoms with E-state index in [1.54, 1.807) is 19.2 Å². The number of ether oxygens (including phenoxy) is 2. The topological polar surface area (TPSA) is 35.5 Å². The number of benzene rings is 1. The fraction of sp³-hybridized carbons (Fsp3) is 0.267. The van der Waals surface area contributed by atoms with E-state index in [1.165, 1.54) is 11.3 Å². The molecule has 2 rings (SSSR count). The highest BCUT2D eigenvalue weighted by molar-refractivity contribution is 7.12. The second-order valence-electron chi connectivity index (χ2n) is 4.31. The van der Waals surface area contributed by atoms with Gasteiger partial charge in [-0.15, -0.1) is 11.3 Å². The maximum absolute atomic E-state index is 12.5. The van der Waals surface area contributed by atoms with Crippen molar-refractivity contribution < 1.29 is 14.3 Å². The van der Waals surface area contributed by atoms with Crippen molar-refractivity contribution >= 4 is 17.1 Å². The number of para-hydroxylation sites is 1. The van der Waals surface area contributed by atoms with Gasteiger partial charge in [0.05, 0.1) is 18.8 Å². The lowest BCUT2D eigenvalue weighted by Crippen LogP contribution is -2.10. The smallest absolute Gasteiger partial charge is 0.210 e. The summed E-state index contributed by atoms with van der Waals surface area (Å²) in [5, 5.41) is 1.85. The summed E-state index contributed by atoms with van der Waals surface area (Å²) in [6.45, 7) is 3.87. The molecule has 0 aliphatic heterocycles. The van der Waals surface area contributed by atoms with Crippen LogP contribution in [-0.4, -0.2) is 19.0 Å². The number of thiophene rings is 1. The molecular weight excluding hydrogens is 260 g/mol. The molecule has 3 nitrogen and oxygen atoms in total. The average molecular weight is 276 g/mol. The van der Waals surface area contributed by atoms with Gasteiger partial charge in [0.25, 0.3) is 0 Å². The number of hydrogen-bond acceptors (Lipinski definition) is 4. The Hall–Kier alpha value is -1.81. The van der Waals surface area contributed by atoms with Gasteiger partial charge in [-0.3, -0.25) is 4.79 Å². The number of carbonyl (C=O) groups is 1. The van der Waals surface area contributed by atoms with Crippen molar-refractivity contribution in [3.63, 3.8) is 0 Å². The summed E-state index contributed by atoms with van der Waals surface area (Å²) in [6.07, 6.45) is 0.0270. The predicted octanol–water partition coefficient (Wildman–Crippen LogP) is 3.77. The van der Waals surface area contributed by atoms with E-state index < -0.39 is 0 Å². The van der Waals surface area contributed by atoms with Crippen LogP contribution in [0.2, 0.25) is 0 Å². The molecule has 0 aliphatic rings. The zero-order chi connectivity index (χ0) is 13.8. The van der Waals surface area contributed by atoms with Crippen molar-refractivity contribution in [1.29, 1.82) is 0 Å². The molecule has 0 spiro atoms. The van der Waals surface area contributed by atoms with Crippen LogP contribution in [0.3, 0.4) is 0 Å². The first kappa shape index (κ1) is 13.6. The molecule has 1 aromatic carbocycles. The molecule has 100 valence electrons. The molecule has 0 amide bonds. The number of methoxy groups -OCH3 is 1. The molecule has 0 saturated carbocycles. The number of hydrogen-bond donors (Lipinski definition) is 0. The molecule has 0 radical (unpaired) electrons. The van der Waals surface area contributed by atoms with Crippen LogP contribution < -0.4 is 9.47 Å². The Morgan fingerprint density at radius 2 is 1.89 bits per heavy atom. The maximum Gasteiger partial charge on any atom is 0.210 e. The van der Waals surface area contributed by atoms with E-state index in [0.29, 0.717) is 21.9 Å². The van der Waals surface area contributed by atoms with Crippen LogP contribution in [0.4, 0.5) is 0 Å². The Labute approximate surface area is 116 Å². The van der Waals surface area contributed by atoms with Gasteiger partial charge in [0.1, 0.15) is 16.4 Å². The Morgan fingerprint density at radius 3 is 2.58 bits per heavy atom. The fourth-order valence-electron chi connectivity index (χ4n) is 1.76. The molecule has 0 bridgehead atoms. The van der Waals surface area contributed by atoms with Crippen molar-refractivity contribution in [2.24, 2.45) is 0 Å². The Balaban J connectivity index is 2.39. The highest BCUT2D eigenvalue weighted by Gasteiger charge is 2.19. The van der Waals surface area contributed by atoms with E-state index in [4.69, 9.17) is 9.47 Å². The van der Waals surface area contributed by atoms with Crippen LogP contribution >= 0.6 is 11.3 Å². The Bertz CT molecular complexity index is 572. The van der Waals surface area contributed by atoms with Crippen molar-refractivity contribution in [3.8, 4) is 11.5 Å². The van der Waals surface area contributed by atoms with Crippen LogP contribution in [0.1, 0.15) is 29.1 Å². The second-order valence-corrected chi connectivity index (χ2v) is 5.23. The van der Waals surface area contributed by atoms with Crippen LogP contribution in [0, 0.1) is 0 Å². The molecular formula is C15H16O3S. The molecule has 0 N–H and O–H groups in total. The molecule has 0 unspecified atom stereocenters. The lowest BCUT2D eigenvalue weighted by molar-refractivity contribution is 0.103. The van der Waals surface area contributed by atoms with Crippen molar-refractivity contribution in [2.45, 2.75) is 20.0 Å². The number of carbonyl (C=O) groups excluding carboxylic acids is 1. The van der Waals surface area contributed by atoms with E-state index in [-0.39, 0.29) is 11.9 Å². The summed E-state index contributed by atoms with van der Waals surface area (Å²) in [5.41, 5.74) is 0.567. The normalized spacial score (nSPS) is 10.5. The lowest BCUT2D eigenvalue weighted by atomic mass is 10.1. The standard InChI is InChI=1S/C15H16O3S/c1-10(2)18-12-7-5-4-6-11(12)14(16)15-13(17-3)8-9-19-15/h4-10H,1-3H3. The Kier molecular flexibility index (Phi) is 4.22. The summed E-state index contributed by atoms with van der Waals surface area (Å²) in [6, 6.07) is 9.08. The molecule has 0 fully saturated rings. The first-order valence-electron chi connectivity index (χ1n) is 6.05. The van der Waals surface area contributed by atoms with Gasteiger partial charge < -0.3 is 9.47 Å². The molecule has 19 heavy (non-hydrogen) atoms. The zero-order valence-electron chi connectivity index (χ0n) is 11.2. The molecule has 0 atom stereocenters. The molecule has 0 aliphatic carbocycles. The van der Waals surface area contributed by atoms with Crippen LogP contribution in [0.15, 0.2) is 35.7 Å². The van der Waals surface area contributed by atoms with Crippen LogP contribution in [-0.2, 0) is 0 Å². The first-order valence-corrected chi connectivity index (χ1v) is 6.93. The van der Waals surface area contributed by atoms with Gasteiger partial charge in [0.2, 0.25) is 5.78 Å². The third kappa shape index (κ3) is 2.96. The largest absolute Gasteiger partial charge is 0.495 e. The van der Waals surface area contributed by atoms with Gasteiger partial charge in [0.15, 0.2) is 0 Å². The first-order chi connectivity index (χ1) is 9.13. The summed E-state index contributed by atoms with van der Waals surface area (Å²) >= 11 is 1.37. The van der Waals surface area contributed by atoms with Gasteiger partial charge in [-0.1, -0.05) is 12.1 Å². The molecule has 1 aromatic heterocycles. The summed E-state index contributed by atoms with van der Waals surface area (Å²) in [7, 11) is 1.56. The highest BCUT2D eigenvalue weighted by atomic mass is 32.1. The fourth-order valence-corrected chi connectivity index (χ4v) is 2.57. The lowest BCUT2D eigenvalue weighted by Gasteiger charge is -2.13. The van der Waals surface area contributed by atoms with Crippen molar-refractivity contribution in [1.82, 2.24) is 0 Å². The predicted molar refractivity (Wildman–Crippen MR) is 76.5 cm³/mol. The quantitative estimate of drug-likeness (QED) is 0.780. The second kappa shape index (κ2) is 5.89. The number of rotatable bonds is 5. The molecule has 1 heterocycles. The number of ketones is 1. The molecule has 0 saturated heterocycles. The molecule has 4 heteroatoms. The van der Waals surface area contributed by atoms with E-state index in [9.17, 15) is 4.79 Å². The average Bonchev–Trinajstić information content (AvgIpc) is 2.86. The zero-order valence-corrected chi connectivity index (χ0v) is 12.0. The van der Waals surface area contributed by atoms with Crippen molar-refractivity contribution in [3.05, 3.63) is 46.2 Å². The summed E-state index contributed by atoms with van der Waals surface area (Å²) in [4.78, 5) is 13.1. The minimum absolute atomic E-state index is 0.0270. The van der Waals surface area contributed by atoms with Crippen LogP contribution in [0.5, 0.6) is 11.5 Å². The van der Waals surface area contributed by atoms with E-state index in [0.717, 1.165) is 0 Å². The minimum atomic E-state index is -0.0666. The molecule has 2 aromatic rings. The van der Waals surface area contributed by atoms with Crippen molar-refractivity contribution in [2.75, 3.05) is 7.11 Å². The van der Waals surface area contributed by atoms with E-state index >= 15 is 0 Å². The third-order valence-corrected chi connectivity index (χ3v) is 3.44. The summed E-state index contributed by atoms with van der Waals surface area (Å²) < 4.78 is 10.9. The highest BCUT2D eigenvalue weighted by Crippen LogP contribution is 2.30. The van der Waals surface area contributed by atoms with Gasteiger partial charge in [-0.25, -0.2) is 0 Å². The van der Waals surface area contributed by atoms with E-state index in [1.807, 2.05) is 37.4 Å². The van der Waals surface area contributed by atoms with Crippen LogP contribution in [0.25, 0.3) is 0 Å². The van der Waals surface area contributed by atoms with Gasteiger partial charge >= 0.3 is 0 Å². The monoisotopic (exact) mass is 276 g/mol.